The van der Waals surface area contributed by atoms with Crippen LogP contribution in [0.5, 0.6) is 0 Å². The second-order valence-corrected chi connectivity index (χ2v) is 10.5. The number of benzene rings is 5. The van der Waals surface area contributed by atoms with Crippen molar-refractivity contribution in [2.45, 2.75) is 27.7 Å². The molecule has 0 aliphatic heterocycles. The molecular formula is C36H32N6O2. The molecule has 8 nitrogen and oxygen atoms in total. The SMILES string of the molecule is Cc1ccccc1/N=N/c1ccc(NC(=O)c2cccc(C(=O)Nc3ccc(/N=N/c4ccccc4C)cc3C)c2)c(C)c1. The molecule has 0 aliphatic carbocycles. The van der Waals surface area contributed by atoms with Gasteiger partial charge < -0.3 is 10.6 Å². The zero-order valence-corrected chi connectivity index (χ0v) is 25.0. The molecular weight excluding hydrogens is 548 g/mol. The van der Waals surface area contributed by atoms with E-state index in [1.807, 2.05) is 88.4 Å². The van der Waals surface area contributed by atoms with Crippen molar-refractivity contribution < 1.29 is 9.59 Å². The molecule has 2 amide bonds. The van der Waals surface area contributed by atoms with E-state index < -0.39 is 0 Å². The summed E-state index contributed by atoms with van der Waals surface area (Å²) in [6.45, 7) is 7.75. The van der Waals surface area contributed by atoms with Crippen LogP contribution < -0.4 is 10.6 Å². The second kappa shape index (κ2) is 13.5. The van der Waals surface area contributed by atoms with Crippen LogP contribution in [0.15, 0.2) is 130 Å². The molecule has 218 valence electrons. The number of nitrogens with one attached hydrogen (secondary N) is 2. The zero-order chi connectivity index (χ0) is 31.1. The summed E-state index contributed by atoms with van der Waals surface area (Å²) in [6.07, 6.45) is 0. The highest BCUT2D eigenvalue weighted by Gasteiger charge is 2.13. The van der Waals surface area contributed by atoms with E-state index >= 15 is 0 Å². The fraction of sp³-hybridized carbons (Fsp3) is 0.111. The van der Waals surface area contributed by atoms with Gasteiger partial charge >= 0.3 is 0 Å². The average Bonchev–Trinajstić information content (AvgIpc) is 3.02. The van der Waals surface area contributed by atoms with Crippen molar-refractivity contribution in [3.63, 3.8) is 0 Å². The molecule has 5 rings (SSSR count). The Morgan fingerprint density at radius 3 is 1.30 bits per heavy atom. The van der Waals surface area contributed by atoms with Crippen LogP contribution in [-0.2, 0) is 0 Å². The Morgan fingerprint density at radius 1 is 0.455 bits per heavy atom. The summed E-state index contributed by atoms with van der Waals surface area (Å²) in [5.74, 6) is -0.645. The molecule has 0 saturated heterocycles. The Labute approximate surface area is 256 Å². The van der Waals surface area contributed by atoms with Gasteiger partial charge in [0.1, 0.15) is 0 Å². The summed E-state index contributed by atoms with van der Waals surface area (Å²) < 4.78 is 0. The van der Waals surface area contributed by atoms with Gasteiger partial charge in [-0.25, -0.2) is 0 Å². The van der Waals surface area contributed by atoms with Crippen molar-refractivity contribution in [2.24, 2.45) is 20.5 Å². The van der Waals surface area contributed by atoms with E-state index in [-0.39, 0.29) is 11.8 Å². The molecule has 0 unspecified atom stereocenters. The van der Waals surface area contributed by atoms with E-state index in [4.69, 9.17) is 0 Å². The van der Waals surface area contributed by atoms with Crippen LogP contribution in [-0.4, -0.2) is 11.8 Å². The maximum atomic E-state index is 13.1. The van der Waals surface area contributed by atoms with Gasteiger partial charge in [-0.3, -0.25) is 9.59 Å². The van der Waals surface area contributed by atoms with E-state index in [1.165, 1.54) is 0 Å². The highest BCUT2D eigenvalue weighted by atomic mass is 16.2. The third kappa shape index (κ3) is 7.35. The average molecular weight is 581 g/mol. The lowest BCUT2D eigenvalue weighted by Crippen LogP contribution is -2.16. The predicted octanol–water partition coefficient (Wildman–Crippen LogP) is 10.3. The van der Waals surface area contributed by atoms with Gasteiger partial charge in [0, 0.05) is 22.5 Å². The molecule has 0 spiro atoms. The van der Waals surface area contributed by atoms with Crippen LogP contribution >= 0.6 is 0 Å². The maximum absolute atomic E-state index is 13.1. The highest BCUT2D eigenvalue weighted by Crippen LogP contribution is 2.27. The number of hydrogen-bond acceptors (Lipinski definition) is 6. The summed E-state index contributed by atoms with van der Waals surface area (Å²) in [6, 6.07) is 33.1. The van der Waals surface area contributed by atoms with Gasteiger partial charge in [-0.05, 0) is 117 Å². The van der Waals surface area contributed by atoms with Crippen LogP contribution in [0.25, 0.3) is 0 Å². The summed E-state index contributed by atoms with van der Waals surface area (Å²) in [4.78, 5) is 26.2. The number of carbonyl (C=O) groups is 2. The zero-order valence-electron chi connectivity index (χ0n) is 25.0. The Morgan fingerprint density at radius 2 is 0.886 bits per heavy atom. The molecule has 0 aliphatic rings. The van der Waals surface area contributed by atoms with Crippen molar-refractivity contribution in [3.05, 3.63) is 143 Å². The summed E-state index contributed by atoms with van der Waals surface area (Å²) in [5.41, 5.74) is 8.75. The number of amides is 2. The van der Waals surface area contributed by atoms with Gasteiger partial charge in [0.05, 0.1) is 22.7 Å². The molecule has 0 radical (unpaired) electrons. The van der Waals surface area contributed by atoms with E-state index in [1.54, 1.807) is 48.5 Å². The minimum atomic E-state index is -0.323. The number of carbonyl (C=O) groups excluding carboxylic acids is 2. The van der Waals surface area contributed by atoms with Gasteiger partial charge in [-0.1, -0.05) is 42.5 Å². The number of nitrogens with zero attached hydrogens (tertiary/aromatic N) is 4. The standard InChI is InChI=1S/C36H32N6O2/c1-23-10-5-7-14-33(23)41-39-29-16-18-31(25(3)20-29)37-35(43)27-12-9-13-28(22-27)36(44)38-32-19-17-30(21-26(32)4)40-42-34-15-8-6-11-24(34)2/h5-22H,1-4H3,(H,37,43)(H,38,44)/b41-39+,42-40+. The molecule has 0 aromatic heterocycles. The maximum Gasteiger partial charge on any atom is 0.255 e. The largest absolute Gasteiger partial charge is 0.322 e. The number of rotatable bonds is 8. The van der Waals surface area contributed by atoms with Gasteiger partial charge in [-0.2, -0.15) is 20.5 Å². The lowest BCUT2D eigenvalue weighted by atomic mass is 10.1. The van der Waals surface area contributed by atoms with Crippen molar-refractivity contribution in [1.29, 1.82) is 0 Å². The molecule has 0 fully saturated rings. The van der Waals surface area contributed by atoms with Crippen molar-refractivity contribution >= 4 is 45.9 Å². The first-order valence-corrected chi connectivity index (χ1v) is 14.2. The Kier molecular flexibility index (Phi) is 9.10. The topological polar surface area (TPSA) is 108 Å². The first-order valence-electron chi connectivity index (χ1n) is 14.2. The number of anilines is 2. The molecule has 2 N–H and O–H groups in total. The van der Waals surface area contributed by atoms with E-state index in [0.29, 0.717) is 33.9 Å². The molecule has 44 heavy (non-hydrogen) atoms. The fourth-order valence-corrected chi connectivity index (χ4v) is 4.47. The van der Waals surface area contributed by atoms with E-state index in [9.17, 15) is 9.59 Å². The first kappa shape index (κ1) is 29.7. The van der Waals surface area contributed by atoms with Crippen LogP contribution in [0.2, 0.25) is 0 Å². The molecule has 0 heterocycles. The smallest absolute Gasteiger partial charge is 0.255 e. The lowest BCUT2D eigenvalue weighted by molar-refractivity contribution is 0.102. The molecule has 0 bridgehead atoms. The van der Waals surface area contributed by atoms with E-state index in [2.05, 4.69) is 31.1 Å². The molecule has 5 aromatic rings. The van der Waals surface area contributed by atoms with Crippen molar-refractivity contribution in [1.82, 2.24) is 0 Å². The van der Waals surface area contributed by atoms with Gasteiger partial charge in [0.2, 0.25) is 0 Å². The van der Waals surface area contributed by atoms with Gasteiger partial charge in [0.15, 0.2) is 0 Å². The fourth-order valence-electron chi connectivity index (χ4n) is 4.47. The third-order valence-corrected chi connectivity index (χ3v) is 7.08. The number of hydrogen-bond donors (Lipinski definition) is 2. The molecule has 8 heteroatoms. The van der Waals surface area contributed by atoms with Crippen LogP contribution in [0, 0.1) is 27.7 Å². The summed E-state index contributed by atoms with van der Waals surface area (Å²) in [7, 11) is 0. The molecule has 0 saturated carbocycles. The summed E-state index contributed by atoms with van der Waals surface area (Å²) >= 11 is 0. The predicted molar refractivity (Wildman–Crippen MR) is 175 cm³/mol. The minimum Gasteiger partial charge on any atom is -0.322 e. The first-order chi connectivity index (χ1) is 21.3. The normalized spacial score (nSPS) is 11.2. The van der Waals surface area contributed by atoms with Crippen molar-refractivity contribution in [2.75, 3.05) is 10.6 Å². The van der Waals surface area contributed by atoms with Crippen molar-refractivity contribution in [3.8, 4) is 0 Å². The highest BCUT2D eigenvalue weighted by molar-refractivity contribution is 6.09. The van der Waals surface area contributed by atoms with Crippen LogP contribution in [0.3, 0.4) is 0 Å². The van der Waals surface area contributed by atoms with Gasteiger partial charge in [-0.15, -0.1) is 0 Å². The van der Waals surface area contributed by atoms with Crippen LogP contribution in [0.1, 0.15) is 43.0 Å². The Bertz CT molecular complexity index is 1780. The third-order valence-electron chi connectivity index (χ3n) is 7.08. The summed E-state index contributed by atoms with van der Waals surface area (Å²) in [5, 5.41) is 23.2. The Balaban J connectivity index is 1.23. The Hall–Kier alpha value is -5.76. The minimum absolute atomic E-state index is 0.323. The lowest BCUT2D eigenvalue weighted by Gasteiger charge is -2.11. The number of aryl methyl sites for hydroxylation is 4. The van der Waals surface area contributed by atoms with E-state index in [0.717, 1.165) is 33.6 Å². The van der Waals surface area contributed by atoms with Crippen LogP contribution in [0.4, 0.5) is 34.1 Å². The number of azo groups is 2. The van der Waals surface area contributed by atoms with Gasteiger partial charge in [0.25, 0.3) is 11.8 Å². The molecule has 0 atom stereocenters. The monoisotopic (exact) mass is 580 g/mol. The molecule has 5 aromatic carbocycles. The quantitative estimate of drug-likeness (QED) is 0.178. The second-order valence-electron chi connectivity index (χ2n) is 10.5.